The zero-order chi connectivity index (χ0) is 11.4. The van der Waals surface area contributed by atoms with Crippen LogP contribution in [0.15, 0.2) is 42.5 Å². The average Bonchev–Trinajstić information content (AvgIpc) is 2.31. The van der Waals surface area contributed by atoms with Crippen LogP contribution < -0.4 is 0 Å². The first-order valence-electron chi connectivity index (χ1n) is 6.00. The first kappa shape index (κ1) is 11.0. The first-order valence-corrected chi connectivity index (χ1v) is 6.00. The molecule has 0 aromatic heterocycles. The smallest absolute Gasteiger partial charge is 0.0445 e. The van der Waals surface area contributed by atoms with Crippen LogP contribution in [-0.4, -0.2) is 18.0 Å². The van der Waals surface area contributed by atoms with Crippen LogP contribution in [0.25, 0.3) is 5.70 Å². The third-order valence-corrected chi connectivity index (χ3v) is 2.97. The summed E-state index contributed by atoms with van der Waals surface area (Å²) in [5.74, 6) is 0. The molecule has 1 aromatic carbocycles. The van der Waals surface area contributed by atoms with E-state index in [0.717, 1.165) is 13.1 Å². The van der Waals surface area contributed by atoms with Gasteiger partial charge in [-0.15, -0.1) is 0 Å². The van der Waals surface area contributed by atoms with Crippen LogP contribution in [0.5, 0.6) is 0 Å². The minimum absolute atomic E-state index is 1.04. The lowest BCUT2D eigenvalue weighted by molar-refractivity contribution is 0.433. The van der Waals surface area contributed by atoms with Crippen molar-refractivity contribution in [2.75, 3.05) is 13.1 Å². The molecule has 0 spiro atoms. The van der Waals surface area contributed by atoms with Crippen molar-refractivity contribution in [1.82, 2.24) is 4.90 Å². The van der Waals surface area contributed by atoms with Gasteiger partial charge in [-0.3, -0.25) is 0 Å². The van der Waals surface area contributed by atoms with Crippen molar-refractivity contribution in [3.8, 4) is 0 Å². The Morgan fingerprint density at radius 3 is 2.81 bits per heavy atom. The zero-order valence-electron chi connectivity index (χ0n) is 10.1. The van der Waals surface area contributed by atoms with E-state index in [1.54, 1.807) is 0 Å². The van der Waals surface area contributed by atoms with E-state index in [1.807, 2.05) is 0 Å². The Morgan fingerprint density at radius 1 is 1.25 bits per heavy atom. The lowest BCUT2D eigenvalue weighted by Gasteiger charge is -2.29. The van der Waals surface area contributed by atoms with Gasteiger partial charge in [0.1, 0.15) is 0 Å². The fourth-order valence-corrected chi connectivity index (χ4v) is 2.15. The van der Waals surface area contributed by atoms with Gasteiger partial charge in [0.05, 0.1) is 0 Å². The Kier molecular flexibility index (Phi) is 3.45. The molecule has 0 amide bonds. The molecule has 1 heteroatoms. The average molecular weight is 213 g/mol. The van der Waals surface area contributed by atoms with Gasteiger partial charge in [-0.2, -0.15) is 0 Å². The Bertz CT molecular complexity index is 415. The van der Waals surface area contributed by atoms with Gasteiger partial charge in [0.2, 0.25) is 0 Å². The van der Waals surface area contributed by atoms with Crippen molar-refractivity contribution in [3.63, 3.8) is 0 Å². The highest BCUT2D eigenvalue weighted by Gasteiger charge is 2.12. The quantitative estimate of drug-likeness (QED) is 0.741. The van der Waals surface area contributed by atoms with E-state index in [1.165, 1.54) is 23.2 Å². The van der Waals surface area contributed by atoms with Crippen molar-refractivity contribution in [2.45, 2.75) is 20.3 Å². The molecular weight excluding hydrogens is 194 g/mol. The van der Waals surface area contributed by atoms with Gasteiger partial charge in [0.25, 0.3) is 0 Å². The molecule has 0 saturated heterocycles. The van der Waals surface area contributed by atoms with Crippen LogP contribution >= 0.6 is 0 Å². The molecule has 16 heavy (non-hydrogen) atoms. The SMILES string of the molecule is CCCN1CC=CC=C1c1ccccc1C. The molecule has 0 atom stereocenters. The molecule has 1 aliphatic heterocycles. The number of nitrogens with zero attached hydrogens (tertiary/aromatic N) is 1. The highest BCUT2D eigenvalue weighted by atomic mass is 15.1. The summed E-state index contributed by atoms with van der Waals surface area (Å²) in [6.45, 7) is 6.57. The molecule has 0 bridgehead atoms. The lowest BCUT2D eigenvalue weighted by Crippen LogP contribution is -2.25. The highest BCUT2D eigenvalue weighted by molar-refractivity contribution is 5.69. The first-order chi connectivity index (χ1) is 7.83. The maximum Gasteiger partial charge on any atom is 0.0445 e. The third kappa shape index (κ3) is 2.19. The molecular formula is C15H19N. The predicted octanol–water partition coefficient (Wildman–Crippen LogP) is 3.62. The molecule has 0 N–H and O–H groups in total. The van der Waals surface area contributed by atoms with Crippen molar-refractivity contribution < 1.29 is 0 Å². The molecule has 2 rings (SSSR count). The number of aryl methyl sites for hydroxylation is 1. The molecule has 1 heterocycles. The van der Waals surface area contributed by atoms with E-state index in [9.17, 15) is 0 Å². The Labute approximate surface area is 98.1 Å². The predicted molar refractivity (Wildman–Crippen MR) is 70.2 cm³/mol. The number of hydrogen-bond acceptors (Lipinski definition) is 1. The van der Waals surface area contributed by atoms with Gasteiger partial charge >= 0.3 is 0 Å². The molecule has 1 aromatic rings. The molecule has 0 fully saturated rings. The second kappa shape index (κ2) is 5.02. The molecule has 1 aliphatic rings. The summed E-state index contributed by atoms with van der Waals surface area (Å²) in [5.41, 5.74) is 4.08. The van der Waals surface area contributed by atoms with Gasteiger partial charge in [-0.25, -0.2) is 0 Å². The van der Waals surface area contributed by atoms with Crippen molar-refractivity contribution in [1.29, 1.82) is 0 Å². The van der Waals surface area contributed by atoms with E-state index < -0.39 is 0 Å². The van der Waals surface area contributed by atoms with Gasteiger partial charge in [-0.1, -0.05) is 43.3 Å². The normalized spacial score (nSPS) is 15.1. The third-order valence-electron chi connectivity index (χ3n) is 2.97. The Hall–Kier alpha value is -1.50. The summed E-state index contributed by atoms with van der Waals surface area (Å²) in [7, 11) is 0. The van der Waals surface area contributed by atoms with Gasteiger partial charge < -0.3 is 4.90 Å². The van der Waals surface area contributed by atoms with Crippen LogP contribution in [0.1, 0.15) is 24.5 Å². The summed E-state index contributed by atoms with van der Waals surface area (Å²) < 4.78 is 0. The monoisotopic (exact) mass is 213 g/mol. The van der Waals surface area contributed by atoms with E-state index in [-0.39, 0.29) is 0 Å². The van der Waals surface area contributed by atoms with Crippen LogP contribution in [0.3, 0.4) is 0 Å². The fraction of sp³-hybridized carbons (Fsp3) is 0.333. The standard InChI is InChI=1S/C15H19N/c1-3-11-16-12-7-6-10-15(16)14-9-5-4-8-13(14)2/h4-10H,3,11-12H2,1-2H3. The molecule has 0 radical (unpaired) electrons. The zero-order valence-corrected chi connectivity index (χ0v) is 10.1. The van der Waals surface area contributed by atoms with E-state index >= 15 is 0 Å². The maximum atomic E-state index is 2.45. The van der Waals surface area contributed by atoms with Crippen molar-refractivity contribution in [2.24, 2.45) is 0 Å². The minimum atomic E-state index is 1.04. The van der Waals surface area contributed by atoms with Crippen molar-refractivity contribution >= 4 is 5.70 Å². The topological polar surface area (TPSA) is 3.24 Å². The van der Waals surface area contributed by atoms with E-state index in [2.05, 4.69) is 61.2 Å². The van der Waals surface area contributed by atoms with Crippen LogP contribution in [0, 0.1) is 6.92 Å². The highest BCUT2D eigenvalue weighted by Crippen LogP contribution is 2.24. The van der Waals surface area contributed by atoms with Gasteiger partial charge in [0, 0.05) is 24.4 Å². The molecule has 1 nitrogen and oxygen atoms in total. The molecule has 0 aliphatic carbocycles. The Morgan fingerprint density at radius 2 is 2.06 bits per heavy atom. The summed E-state index contributed by atoms with van der Waals surface area (Å²) in [4.78, 5) is 2.45. The van der Waals surface area contributed by atoms with E-state index in [4.69, 9.17) is 0 Å². The van der Waals surface area contributed by atoms with Crippen LogP contribution in [0.4, 0.5) is 0 Å². The summed E-state index contributed by atoms with van der Waals surface area (Å²) in [5, 5.41) is 0. The fourth-order valence-electron chi connectivity index (χ4n) is 2.15. The number of rotatable bonds is 3. The molecule has 84 valence electrons. The largest absolute Gasteiger partial charge is 0.367 e. The van der Waals surface area contributed by atoms with Gasteiger partial charge in [-0.05, 0) is 25.0 Å². The summed E-state index contributed by atoms with van der Waals surface area (Å²) >= 11 is 0. The number of benzene rings is 1. The molecule has 0 unspecified atom stereocenters. The second-order valence-corrected chi connectivity index (χ2v) is 4.24. The number of hydrogen-bond donors (Lipinski definition) is 0. The second-order valence-electron chi connectivity index (χ2n) is 4.24. The van der Waals surface area contributed by atoms with Crippen LogP contribution in [-0.2, 0) is 0 Å². The van der Waals surface area contributed by atoms with Crippen LogP contribution in [0.2, 0.25) is 0 Å². The van der Waals surface area contributed by atoms with E-state index in [0.29, 0.717) is 0 Å². The summed E-state index contributed by atoms with van der Waals surface area (Å²) in [6.07, 6.45) is 7.80. The van der Waals surface area contributed by atoms with Crippen molar-refractivity contribution in [3.05, 3.63) is 53.6 Å². The maximum absolute atomic E-state index is 2.45. The minimum Gasteiger partial charge on any atom is -0.367 e. The lowest BCUT2D eigenvalue weighted by atomic mass is 10.0. The number of allylic oxidation sites excluding steroid dienone is 2. The Balaban J connectivity index is 2.34. The summed E-state index contributed by atoms with van der Waals surface area (Å²) in [6, 6.07) is 8.61. The van der Waals surface area contributed by atoms with Gasteiger partial charge in [0.15, 0.2) is 0 Å². The molecule has 0 saturated carbocycles.